The molecule has 0 saturated heterocycles. The van der Waals surface area contributed by atoms with Gasteiger partial charge in [-0.25, -0.2) is 17.8 Å². The number of amides is 2. The first kappa shape index (κ1) is 29.7. The Bertz CT molecular complexity index is 1810. The maximum Gasteiger partial charge on any atom is 0.261 e. The third-order valence-electron chi connectivity index (χ3n) is 7.08. The maximum atomic E-state index is 15.4. The van der Waals surface area contributed by atoms with Crippen molar-refractivity contribution in [3.63, 3.8) is 0 Å². The number of nitrogens with two attached hydrogens (primary N) is 2. The molecule has 0 radical (unpaired) electrons. The van der Waals surface area contributed by atoms with E-state index in [1.807, 2.05) is 6.07 Å². The van der Waals surface area contributed by atoms with E-state index in [2.05, 4.69) is 20.3 Å². The molecular formula is C31H31FN6O4S. The van der Waals surface area contributed by atoms with Crippen LogP contribution in [0.4, 0.5) is 21.6 Å². The number of halogens is 1. The maximum absolute atomic E-state index is 15.4. The van der Waals surface area contributed by atoms with E-state index in [4.69, 9.17) is 11.5 Å². The molecule has 43 heavy (non-hydrogen) atoms. The quantitative estimate of drug-likeness (QED) is 0.169. The fourth-order valence-corrected chi connectivity index (χ4v) is 5.94. The van der Waals surface area contributed by atoms with Crippen LogP contribution in [0.2, 0.25) is 0 Å². The molecule has 1 aromatic heterocycles. The number of nitrogens with zero attached hydrogens (tertiary/aromatic N) is 1. The first-order valence-electron chi connectivity index (χ1n) is 13.7. The van der Waals surface area contributed by atoms with E-state index in [-0.39, 0.29) is 33.8 Å². The molecule has 0 saturated carbocycles. The van der Waals surface area contributed by atoms with Crippen LogP contribution in [0.3, 0.4) is 0 Å². The molecule has 0 atom stereocenters. The van der Waals surface area contributed by atoms with Crippen molar-refractivity contribution in [2.75, 3.05) is 28.9 Å². The van der Waals surface area contributed by atoms with Crippen LogP contribution in [0, 0.1) is 5.82 Å². The number of hydrogen-bond acceptors (Lipinski definition) is 7. The zero-order valence-electron chi connectivity index (χ0n) is 23.2. The standard InChI is InChI=1S/C31H31FN6O4S/c32-28-17-24(43(41,42)38-23-5-3-4-22(16-23)37-29(39)6-1-2-12-33)8-10-25(28)21-15-27(30(34)36-18-21)19-7-9-26-20(14-19)11-13-35-31(26)40/h3-5,7-10,14-18,38H,1-2,6,11-13,33H2,(H2,34,36)(H,35,40)(H,37,39). The summed E-state index contributed by atoms with van der Waals surface area (Å²) in [6, 6.07) is 16.9. The normalized spacial score (nSPS) is 12.7. The highest BCUT2D eigenvalue weighted by atomic mass is 32.2. The number of carbonyl (C=O) groups excluding carboxylic acids is 2. The number of pyridine rings is 1. The van der Waals surface area contributed by atoms with E-state index in [9.17, 15) is 18.0 Å². The van der Waals surface area contributed by atoms with Gasteiger partial charge in [-0.3, -0.25) is 14.3 Å². The average Bonchev–Trinajstić information content (AvgIpc) is 2.97. The second-order valence-electron chi connectivity index (χ2n) is 10.2. The van der Waals surface area contributed by atoms with Crippen LogP contribution in [0.1, 0.15) is 35.2 Å². The summed E-state index contributed by atoms with van der Waals surface area (Å²) in [5, 5.41) is 5.54. The van der Waals surface area contributed by atoms with Crippen molar-refractivity contribution in [3.05, 3.63) is 89.9 Å². The summed E-state index contributed by atoms with van der Waals surface area (Å²) in [7, 11) is -4.15. The Kier molecular flexibility index (Phi) is 8.69. The van der Waals surface area contributed by atoms with Gasteiger partial charge in [0.15, 0.2) is 0 Å². The first-order valence-corrected chi connectivity index (χ1v) is 15.2. The van der Waals surface area contributed by atoms with Gasteiger partial charge >= 0.3 is 0 Å². The summed E-state index contributed by atoms with van der Waals surface area (Å²) in [6.45, 7) is 1.04. The van der Waals surface area contributed by atoms with Crippen molar-refractivity contribution >= 4 is 39.0 Å². The van der Waals surface area contributed by atoms with Gasteiger partial charge in [0.1, 0.15) is 11.6 Å². The molecule has 2 heterocycles. The fraction of sp³-hybridized carbons (Fsp3) is 0.194. The summed E-state index contributed by atoms with van der Waals surface area (Å²) in [5.74, 6) is -0.860. The average molecular weight is 603 g/mol. The predicted molar refractivity (Wildman–Crippen MR) is 164 cm³/mol. The Morgan fingerprint density at radius 3 is 2.53 bits per heavy atom. The minimum absolute atomic E-state index is 0.132. The third-order valence-corrected chi connectivity index (χ3v) is 8.46. The number of aromatic nitrogens is 1. The van der Waals surface area contributed by atoms with E-state index in [1.54, 1.807) is 30.3 Å². The Morgan fingerprint density at radius 2 is 1.74 bits per heavy atom. The van der Waals surface area contributed by atoms with Gasteiger partial charge in [0.25, 0.3) is 15.9 Å². The Morgan fingerprint density at radius 1 is 0.953 bits per heavy atom. The molecule has 7 N–H and O–H groups in total. The summed E-state index contributed by atoms with van der Waals surface area (Å²) >= 11 is 0. The van der Waals surface area contributed by atoms with Gasteiger partial charge in [0.2, 0.25) is 5.91 Å². The predicted octanol–water partition coefficient (Wildman–Crippen LogP) is 4.29. The monoisotopic (exact) mass is 602 g/mol. The minimum atomic E-state index is -4.15. The van der Waals surface area contributed by atoms with Crippen molar-refractivity contribution in [1.29, 1.82) is 0 Å². The lowest BCUT2D eigenvalue weighted by molar-refractivity contribution is -0.116. The van der Waals surface area contributed by atoms with Crippen LogP contribution in [0.25, 0.3) is 22.3 Å². The van der Waals surface area contributed by atoms with E-state index in [0.717, 1.165) is 23.6 Å². The molecule has 1 aliphatic heterocycles. The van der Waals surface area contributed by atoms with Crippen molar-refractivity contribution < 1.29 is 22.4 Å². The number of nitrogen functional groups attached to an aromatic ring is 1. The van der Waals surface area contributed by atoms with Crippen LogP contribution in [-0.4, -0.2) is 38.3 Å². The van der Waals surface area contributed by atoms with E-state index in [1.165, 1.54) is 30.5 Å². The lowest BCUT2D eigenvalue weighted by atomic mass is 9.94. The van der Waals surface area contributed by atoms with Crippen molar-refractivity contribution in [2.45, 2.75) is 30.6 Å². The van der Waals surface area contributed by atoms with Gasteiger partial charge in [0, 0.05) is 47.1 Å². The van der Waals surface area contributed by atoms with Crippen LogP contribution >= 0.6 is 0 Å². The largest absolute Gasteiger partial charge is 0.383 e. The van der Waals surface area contributed by atoms with Crippen molar-refractivity contribution in [1.82, 2.24) is 10.3 Å². The molecule has 3 aromatic carbocycles. The molecule has 0 fully saturated rings. The highest BCUT2D eigenvalue weighted by Crippen LogP contribution is 2.33. The number of fused-ring (bicyclic) bond motifs is 1. The molecular weight excluding hydrogens is 571 g/mol. The lowest BCUT2D eigenvalue weighted by Crippen LogP contribution is -2.31. The van der Waals surface area contributed by atoms with Gasteiger partial charge in [-0.1, -0.05) is 24.3 Å². The van der Waals surface area contributed by atoms with Crippen LogP contribution < -0.4 is 26.8 Å². The second kappa shape index (κ2) is 12.6. The number of anilines is 3. The Hall–Kier alpha value is -4.81. The van der Waals surface area contributed by atoms with Crippen LogP contribution in [-0.2, 0) is 21.2 Å². The van der Waals surface area contributed by atoms with E-state index in [0.29, 0.717) is 54.7 Å². The highest BCUT2D eigenvalue weighted by Gasteiger charge is 2.20. The topological polar surface area (TPSA) is 169 Å². The molecule has 0 unspecified atom stereocenters. The number of sulfonamides is 1. The number of unbranched alkanes of at least 4 members (excludes halogenated alkanes) is 1. The highest BCUT2D eigenvalue weighted by molar-refractivity contribution is 7.92. The SMILES string of the molecule is NCCCCC(=O)Nc1cccc(NS(=O)(=O)c2ccc(-c3cnc(N)c(-c4ccc5c(c4)CCNC5=O)c3)c(F)c2)c1. The molecule has 222 valence electrons. The minimum Gasteiger partial charge on any atom is -0.383 e. The molecule has 4 aromatic rings. The molecule has 1 aliphatic rings. The summed E-state index contributed by atoms with van der Waals surface area (Å²) in [5.41, 5.74) is 15.6. The number of carbonyl (C=O) groups is 2. The number of benzene rings is 3. The molecule has 0 spiro atoms. The second-order valence-corrected chi connectivity index (χ2v) is 11.8. The number of rotatable bonds is 10. The third kappa shape index (κ3) is 6.82. The fourth-order valence-electron chi connectivity index (χ4n) is 4.87. The van der Waals surface area contributed by atoms with Gasteiger partial charge in [-0.05, 0) is 79.4 Å². The lowest BCUT2D eigenvalue weighted by Gasteiger charge is -2.18. The van der Waals surface area contributed by atoms with Gasteiger partial charge in [0.05, 0.1) is 10.6 Å². The van der Waals surface area contributed by atoms with E-state index < -0.39 is 15.8 Å². The van der Waals surface area contributed by atoms with Gasteiger partial charge in [-0.15, -0.1) is 0 Å². The molecule has 5 rings (SSSR count). The van der Waals surface area contributed by atoms with Gasteiger partial charge < -0.3 is 22.1 Å². The molecule has 10 nitrogen and oxygen atoms in total. The molecule has 2 amide bonds. The van der Waals surface area contributed by atoms with E-state index >= 15 is 4.39 Å². The zero-order chi connectivity index (χ0) is 30.6. The van der Waals surface area contributed by atoms with Crippen molar-refractivity contribution in [2.24, 2.45) is 5.73 Å². The Balaban J connectivity index is 1.35. The summed E-state index contributed by atoms with van der Waals surface area (Å²) < 4.78 is 44.0. The number of nitrogens with one attached hydrogen (secondary N) is 3. The molecule has 12 heteroatoms. The van der Waals surface area contributed by atoms with Crippen LogP contribution in [0.15, 0.2) is 77.8 Å². The van der Waals surface area contributed by atoms with Crippen LogP contribution in [0.5, 0.6) is 0 Å². The Labute approximate surface area is 248 Å². The summed E-state index contributed by atoms with van der Waals surface area (Å²) in [4.78, 5) is 28.2. The zero-order valence-corrected chi connectivity index (χ0v) is 24.0. The van der Waals surface area contributed by atoms with Gasteiger partial charge in [-0.2, -0.15) is 0 Å². The smallest absolute Gasteiger partial charge is 0.261 e. The number of hydrogen-bond donors (Lipinski definition) is 5. The molecule has 0 bridgehead atoms. The molecule has 0 aliphatic carbocycles. The first-order chi connectivity index (χ1) is 20.6. The van der Waals surface area contributed by atoms with Crippen molar-refractivity contribution in [3.8, 4) is 22.3 Å². The summed E-state index contributed by atoms with van der Waals surface area (Å²) in [6.07, 6.45) is 3.78.